The van der Waals surface area contributed by atoms with Gasteiger partial charge in [-0.2, -0.15) is 0 Å². The number of nitrogens with zero attached hydrogens (tertiary/aromatic N) is 1. The first-order valence-electron chi connectivity index (χ1n) is 3.43. The van der Waals surface area contributed by atoms with Crippen LogP contribution in [0.5, 0.6) is 0 Å². The van der Waals surface area contributed by atoms with Gasteiger partial charge >= 0.3 is 7.12 Å². The fourth-order valence-corrected chi connectivity index (χ4v) is 1.32. The minimum atomic E-state index is -1.89. The molecule has 0 atom stereocenters. The van der Waals surface area contributed by atoms with E-state index in [1.807, 2.05) is 0 Å². The molecule has 1 aromatic carbocycles. The first-order valence-corrected chi connectivity index (χ1v) is 4.18. The number of nitro benzene ring substituents is 1. The maximum absolute atomic E-state index is 10.4. The standard InChI is InChI=1S/C6H4BCl2NO4/c8-5-2-3(10(13)14)1-4(6(5)9)7(11)12/h1-2,11-12H. The van der Waals surface area contributed by atoms with E-state index in [2.05, 4.69) is 0 Å². The first kappa shape index (κ1) is 11.3. The van der Waals surface area contributed by atoms with Crippen LogP contribution in [0.15, 0.2) is 12.1 Å². The topological polar surface area (TPSA) is 83.6 Å². The van der Waals surface area contributed by atoms with Gasteiger partial charge in [0, 0.05) is 17.6 Å². The Labute approximate surface area is 89.2 Å². The maximum Gasteiger partial charge on any atom is 0.490 e. The summed E-state index contributed by atoms with van der Waals surface area (Å²) in [6.45, 7) is 0. The van der Waals surface area contributed by atoms with Gasteiger partial charge in [0.2, 0.25) is 0 Å². The molecule has 0 radical (unpaired) electrons. The first-order chi connectivity index (χ1) is 6.43. The van der Waals surface area contributed by atoms with Crippen LogP contribution >= 0.6 is 23.2 Å². The second-order valence-corrected chi connectivity index (χ2v) is 3.25. The van der Waals surface area contributed by atoms with Gasteiger partial charge in [0.1, 0.15) is 0 Å². The third-order valence-corrected chi connectivity index (χ3v) is 2.35. The van der Waals surface area contributed by atoms with Crippen LogP contribution < -0.4 is 5.46 Å². The Kier molecular flexibility index (Phi) is 3.33. The van der Waals surface area contributed by atoms with Gasteiger partial charge in [-0.15, -0.1) is 0 Å². The van der Waals surface area contributed by atoms with Crippen LogP contribution in [0.3, 0.4) is 0 Å². The number of non-ortho nitro benzene ring substituents is 1. The summed E-state index contributed by atoms with van der Waals surface area (Å²) >= 11 is 11.1. The highest BCUT2D eigenvalue weighted by atomic mass is 35.5. The molecule has 0 bridgehead atoms. The molecular weight excluding hydrogens is 232 g/mol. The van der Waals surface area contributed by atoms with Crippen molar-refractivity contribution in [2.75, 3.05) is 0 Å². The van der Waals surface area contributed by atoms with E-state index in [9.17, 15) is 10.1 Å². The van der Waals surface area contributed by atoms with Crippen molar-refractivity contribution in [3.05, 3.63) is 32.3 Å². The lowest BCUT2D eigenvalue weighted by Crippen LogP contribution is -2.31. The Morgan fingerprint density at radius 3 is 2.36 bits per heavy atom. The molecule has 0 unspecified atom stereocenters. The SMILES string of the molecule is O=[N+]([O-])c1cc(Cl)c(Cl)c(B(O)O)c1. The highest BCUT2D eigenvalue weighted by Gasteiger charge is 2.21. The fourth-order valence-electron chi connectivity index (χ4n) is 0.889. The lowest BCUT2D eigenvalue weighted by Gasteiger charge is -2.04. The molecule has 0 amide bonds. The summed E-state index contributed by atoms with van der Waals surface area (Å²) in [5, 5.41) is 27.8. The highest BCUT2D eigenvalue weighted by Crippen LogP contribution is 2.24. The lowest BCUT2D eigenvalue weighted by molar-refractivity contribution is -0.384. The molecule has 0 aliphatic heterocycles. The van der Waals surface area contributed by atoms with Crippen molar-refractivity contribution >= 4 is 41.5 Å². The highest BCUT2D eigenvalue weighted by molar-refractivity contribution is 6.64. The summed E-state index contributed by atoms with van der Waals surface area (Å²) in [5.41, 5.74) is -0.534. The van der Waals surface area contributed by atoms with E-state index >= 15 is 0 Å². The minimum Gasteiger partial charge on any atom is -0.423 e. The molecule has 5 nitrogen and oxygen atoms in total. The van der Waals surface area contributed by atoms with Crippen molar-refractivity contribution in [2.45, 2.75) is 0 Å². The average molecular weight is 236 g/mol. The van der Waals surface area contributed by atoms with Gasteiger partial charge in [0.25, 0.3) is 5.69 Å². The molecule has 0 spiro atoms. The van der Waals surface area contributed by atoms with E-state index in [4.69, 9.17) is 33.2 Å². The molecule has 2 N–H and O–H groups in total. The summed E-state index contributed by atoms with van der Waals surface area (Å²) in [6, 6.07) is 1.99. The van der Waals surface area contributed by atoms with Crippen molar-refractivity contribution in [3.63, 3.8) is 0 Å². The van der Waals surface area contributed by atoms with Gasteiger partial charge in [0.05, 0.1) is 15.0 Å². The van der Waals surface area contributed by atoms with Crippen LogP contribution in [0.4, 0.5) is 5.69 Å². The number of nitro groups is 1. The summed E-state index contributed by atoms with van der Waals surface area (Å²) in [4.78, 5) is 9.68. The maximum atomic E-state index is 10.4. The molecule has 74 valence electrons. The quantitative estimate of drug-likeness (QED) is 0.446. The number of rotatable bonds is 2. The number of hydrogen-bond donors (Lipinski definition) is 2. The summed E-state index contributed by atoms with van der Waals surface area (Å²) in [6.07, 6.45) is 0. The van der Waals surface area contributed by atoms with Crippen LogP contribution in [0, 0.1) is 10.1 Å². The second kappa shape index (κ2) is 4.14. The molecule has 8 heteroatoms. The Morgan fingerprint density at radius 2 is 1.93 bits per heavy atom. The van der Waals surface area contributed by atoms with Crippen molar-refractivity contribution in [1.29, 1.82) is 0 Å². The van der Waals surface area contributed by atoms with Crippen LogP contribution in [0.2, 0.25) is 10.0 Å². The van der Waals surface area contributed by atoms with E-state index < -0.39 is 12.0 Å². The summed E-state index contributed by atoms with van der Waals surface area (Å²) < 4.78 is 0. The molecular formula is C6H4BCl2NO4. The second-order valence-electron chi connectivity index (χ2n) is 2.46. The lowest BCUT2D eigenvalue weighted by atomic mass is 9.80. The minimum absolute atomic E-state index is 0.0935. The van der Waals surface area contributed by atoms with Crippen LogP contribution in [-0.2, 0) is 0 Å². The normalized spacial score (nSPS) is 10.0. The summed E-state index contributed by atoms with van der Waals surface area (Å²) in [5.74, 6) is 0. The smallest absolute Gasteiger partial charge is 0.423 e. The zero-order valence-electron chi connectivity index (χ0n) is 6.65. The van der Waals surface area contributed by atoms with Gasteiger partial charge < -0.3 is 10.0 Å². The fraction of sp³-hybridized carbons (Fsp3) is 0. The van der Waals surface area contributed by atoms with Gasteiger partial charge in [-0.3, -0.25) is 10.1 Å². The van der Waals surface area contributed by atoms with E-state index in [0.29, 0.717) is 0 Å². The zero-order chi connectivity index (χ0) is 10.9. The molecule has 0 heterocycles. The van der Waals surface area contributed by atoms with E-state index in [1.165, 1.54) is 0 Å². The molecule has 0 saturated heterocycles. The number of hydrogen-bond acceptors (Lipinski definition) is 4. The largest absolute Gasteiger partial charge is 0.490 e. The van der Waals surface area contributed by atoms with Crippen molar-refractivity contribution < 1.29 is 15.0 Å². The van der Waals surface area contributed by atoms with Crippen LogP contribution in [0.1, 0.15) is 0 Å². The molecule has 0 aromatic heterocycles. The monoisotopic (exact) mass is 235 g/mol. The molecule has 0 fully saturated rings. The number of benzene rings is 1. The molecule has 0 aliphatic rings. The zero-order valence-corrected chi connectivity index (χ0v) is 8.16. The Balaban J connectivity index is 3.35. The van der Waals surface area contributed by atoms with Crippen molar-refractivity contribution in [2.24, 2.45) is 0 Å². The van der Waals surface area contributed by atoms with Gasteiger partial charge in [0.15, 0.2) is 0 Å². The average Bonchev–Trinajstić information content (AvgIpc) is 2.08. The molecule has 1 rings (SSSR count). The van der Waals surface area contributed by atoms with Crippen molar-refractivity contribution in [3.8, 4) is 0 Å². The molecule has 0 aliphatic carbocycles. The van der Waals surface area contributed by atoms with Crippen LogP contribution in [-0.4, -0.2) is 22.1 Å². The molecule has 14 heavy (non-hydrogen) atoms. The van der Waals surface area contributed by atoms with Gasteiger partial charge in [-0.25, -0.2) is 0 Å². The van der Waals surface area contributed by atoms with Gasteiger partial charge in [-0.1, -0.05) is 23.2 Å². The van der Waals surface area contributed by atoms with Gasteiger partial charge in [-0.05, 0) is 0 Å². The third-order valence-electron chi connectivity index (χ3n) is 1.53. The Hall–Kier alpha value is -0.815. The van der Waals surface area contributed by atoms with Crippen LogP contribution in [0.25, 0.3) is 0 Å². The van der Waals surface area contributed by atoms with E-state index in [0.717, 1.165) is 12.1 Å². The Morgan fingerprint density at radius 1 is 1.36 bits per heavy atom. The van der Waals surface area contributed by atoms with E-state index in [-0.39, 0.29) is 21.2 Å². The predicted octanol–water partition coefficient (Wildman–Crippen LogP) is 0.581. The Bertz CT molecular complexity index is 384. The number of halogens is 2. The van der Waals surface area contributed by atoms with E-state index in [1.54, 1.807) is 0 Å². The molecule has 1 aromatic rings. The third kappa shape index (κ3) is 2.16. The predicted molar refractivity (Wildman–Crippen MR) is 52.9 cm³/mol. The summed E-state index contributed by atoms with van der Waals surface area (Å²) in [7, 11) is -1.89. The van der Waals surface area contributed by atoms with Crippen molar-refractivity contribution in [1.82, 2.24) is 0 Å². The molecule has 0 saturated carbocycles.